The van der Waals surface area contributed by atoms with E-state index in [4.69, 9.17) is 11.8 Å². The van der Waals surface area contributed by atoms with E-state index in [9.17, 15) is 4.39 Å². The zero-order chi connectivity index (χ0) is 10.6. The lowest BCUT2D eigenvalue weighted by molar-refractivity contribution is 0.628. The Bertz CT molecular complexity index is 346. The van der Waals surface area contributed by atoms with E-state index in [2.05, 4.69) is 18.9 Å². The molecular weight excluding hydrogens is 216 g/mol. The third kappa shape index (κ3) is 3.07. The van der Waals surface area contributed by atoms with Crippen LogP contribution in [0, 0.1) is 5.82 Å². The van der Waals surface area contributed by atoms with Crippen molar-refractivity contribution in [2.24, 2.45) is 0 Å². The van der Waals surface area contributed by atoms with Gasteiger partial charge in [-0.2, -0.15) is 0 Å². The minimum absolute atomic E-state index is 0.219. The summed E-state index contributed by atoms with van der Waals surface area (Å²) >= 11 is 5.51. The van der Waals surface area contributed by atoms with Crippen LogP contribution in [0.5, 0.6) is 0 Å². The maximum absolute atomic E-state index is 12.9. The molecule has 0 heterocycles. The zero-order valence-electron chi connectivity index (χ0n) is 8.46. The summed E-state index contributed by atoms with van der Waals surface area (Å²) in [5.41, 5.74) is 0.803. The van der Waals surface area contributed by atoms with Gasteiger partial charge in [-0.3, -0.25) is 0 Å². The molecule has 14 heavy (non-hydrogen) atoms. The maximum Gasteiger partial charge on any atom is 0.125 e. The van der Waals surface area contributed by atoms with Crippen molar-refractivity contribution in [3.8, 4) is 0 Å². The summed E-state index contributed by atoms with van der Waals surface area (Å²) in [6.07, 6.45) is 0.401. The lowest BCUT2D eigenvalue weighted by Gasteiger charge is -2.21. The number of anilines is 1. The second-order valence-corrected chi connectivity index (χ2v) is 8.51. The van der Waals surface area contributed by atoms with Crippen LogP contribution in [0.15, 0.2) is 24.3 Å². The van der Waals surface area contributed by atoms with Gasteiger partial charge < -0.3 is 5.09 Å². The Morgan fingerprint density at radius 1 is 1.36 bits per heavy atom. The molecule has 4 heteroatoms. The van der Waals surface area contributed by atoms with Crippen molar-refractivity contribution in [3.63, 3.8) is 0 Å². The molecule has 0 unspecified atom stereocenters. The van der Waals surface area contributed by atoms with Crippen molar-refractivity contribution in [2.45, 2.75) is 13.8 Å². The molecule has 1 N–H and O–H groups in total. The van der Waals surface area contributed by atoms with Crippen molar-refractivity contribution in [1.29, 1.82) is 0 Å². The van der Waals surface area contributed by atoms with E-state index in [0.29, 0.717) is 0 Å². The Balaban J connectivity index is 2.83. The van der Waals surface area contributed by atoms with Crippen LogP contribution in [0.1, 0.15) is 13.8 Å². The fourth-order valence-electron chi connectivity index (χ4n) is 1.18. The van der Waals surface area contributed by atoms with Crippen LogP contribution in [0.2, 0.25) is 0 Å². The molecule has 0 saturated carbocycles. The van der Waals surface area contributed by atoms with Gasteiger partial charge in [0.15, 0.2) is 0 Å². The van der Waals surface area contributed by atoms with Crippen LogP contribution in [-0.4, -0.2) is 12.3 Å². The van der Waals surface area contributed by atoms with Crippen molar-refractivity contribution >= 4 is 23.7 Å². The monoisotopic (exact) mass is 231 g/mol. The molecule has 1 aromatic carbocycles. The third-order valence-electron chi connectivity index (χ3n) is 2.18. The molecule has 0 fully saturated rings. The lowest BCUT2D eigenvalue weighted by Crippen LogP contribution is -2.01. The largest absolute Gasteiger partial charge is 0.357 e. The summed E-state index contributed by atoms with van der Waals surface area (Å²) in [6, 6.07) is 6.48. The van der Waals surface area contributed by atoms with Crippen molar-refractivity contribution in [1.82, 2.24) is 0 Å². The van der Waals surface area contributed by atoms with E-state index in [-0.39, 0.29) is 5.82 Å². The van der Waals surface area contributed by atoms with Gasteiger partial charge in [-0.25, -0.2) is 4.39 Å². The van der Waals surface area contributed by atoms with Gasteiger partial charge in [0.2, 0.25) is 0 Å². The van der Waals surface area contributed by atoms with Gasteiger partial charge in [0.25, 0.3) is 0 Å². The summed E-state index contributed by atoms with van der Waals surface area (Å²) in [5.74, 6) is -0.219. The van der Waals surface area contributed by atoms with E-state index >= 15 is 0 Å². The van der Waals surface area contributed by atoms with E-state index in [1.807, 2.05) is 6.07 Å². The first-order valence-electron chi connectivity index (χ1n) is 4.71. The van der Waals surface area contributed by atoms with Crippen LogP contribution < -0.4 is 5.09 Å². The predicted molar refractivity (Wildman–Crippen MR) is 65.4 cm³/mol. The van der Waals surface area contributed by atoms with Crippen molar-refractivity contribution in [3.05, 3.63) is 30.1 Å². The standard InChI is InChI=1S/C10H15FNPS/c1-3-13(14,4-2)12-10-7-5-6-9(11)8-10/h5-8H,3-4H2,1-2H3,(H,12,14). The highest BCUT2D eigenvalue weighted by molar-refractivity contribution is 8.15. The Labute approximate surface area is 89.8 Å². The molecule has 0 bridgehead atoms. The van der Waals surface area contributed by atoms with E-state index in [0.717, 1.165) is 18.0 Å². The molecule has 0 aliphatic heterocycles. The quantitative estimate of drug-likeness (QED) is 0.793. The first kappa shape index (κ1) is 11.7. The molecular formula is C10H15FNPS. The Hall–Kier alpha value is -0.400. The molecule has 0 spiro atoms. The normalized spacial score (nSPS) is 11.4. The van der Waals surface area contributed by atoms with Gasteiger partial charge in [0.05, 0.1) is 0 Å². The number of rotatable bonds is 4. The van der Waals surface area contributed by atoms with Gasteiger partial charge in [-0.05, 0) is 30.5 Å². The second-order valence-electron chi connectivity index (χ2n) is 3.14. The summed E-state index contributed by atoms with van der Waals surface area (Å²) in [5, 5.41) is 3.28. The Kier molecular flexibility index (Phi) is 4.09. The molecule has 0 aromatic heterocycles. The summed E-state index contributed by atoms with van der Waals surface area (Å²) in [4.78, 5) is 0. The number of benzene rings is 1. The first-order valence-corrected chi connectivity index (χ1v) is 7.89. The van der Waals surface area contributed by atoms with Crippen LogP contribution in [0.3, 0.4) is 0 Å². The van der Waals surface area contributed by atoms with Crippen LogP contribution in [0.4, 0.5) is 10.1 Å². The van der Waals surface area contributed by atoms with E-state index < -0.39 is 6.19 Å². The molecule has 1 nitrogen and oxygen atoms in total. The first-order chi connectivity index (χ1) is 6.59. The predicted octanol–water partition coefficient (Wildman–Crippen LogP) is 3.67. The summed E-state index contributed by atoms with van der Waals surface area (Å²) in [6.45, 7) is 4.16. The highest BCUT2D eigenvalue weighted by Crippen LogP contribution is 2.44. The number of nitrogens with one attached hydrogen (secondary N) is 1. The maximum atomic E-state index is 12.9. The molecule has 1 rings (SSSR count). The van der Waals surface area contributed by atoms with Crippen LogP contribution in [-0.2, 0) is 11.8 Å². The molecule has 0 aliphatic rings. The van der Waals surface area contributed by atoms with E-state index in [1.54, 1.807) is 6.07 Å². The Morgan fingerprint density at radius 3 is 2.50 bits per heavy atom. The van der Waals surface area contributed by atoms with Crippen molar-refractivity contribution in [2.75, 3.05) is 17.4 Å². The lowest BCUT2D eigenvalue weighted by atomic mass is 10.3. The fourth-order valence-corrected chi connectivity index (χ4v) is 2.86. The average Bonchev–Trinajstić information content (AvgIpc) is 2.18. The number of hydrogen-bond donors (Lipinski definition) is 1. The molecule has 0 amide bonds. The molecule has 78 valence electrons. The highest BCUT2D eigenvalue weighted by Gasteiger charge is 2.11. The topological polar surface area (TPSA) is 12.0 Å². The van der Waals surface area contributed by atoms with Crippen LogP contribution >= 0.6 is 6.19 Å². The van der Waals surface area contributed by atoms with Gasteiger partial charge >= 0.3 is 0 Å². The fraction of sp³-hybridized carbons (Fsp3) is 0.400. The minimum Gasteiger partial charge on any atom is -0.357 e. The van der Waals surface area contributed by atoms with Gasteiger partial charge in [0.1, 0.15) is 5.82 Å². The SMILES string of the molecule is CCP(=S)(CC)Nc1cccc(F)c1. The van der Waals surface area contributed by atoms with Gasteiger partial charge in [-0.15, -0.1) is 0 Å². The van der Waals surface area contributed by atoms with Crippen molar-refractivity contribution < 1.29 is 4.39 Å². The molecule has 1 aromatic rings. The summed E-state index contributed by atoms with van der Waals surface area (Å²) in [7, 11) is 0. The smallest absolute Gasteiger partial charge is 0.125 e. The Morgan fingerprint density at radius 2 is 2.00 bits per heavy atom. The highest BCUT2D eigenvalue weighted by atomic mass is 32.4. The molecule has 0 saturated heterocycles. The number of hydrogen-bond acceptors (Lipinski definition) is 1. The zero-order valence-corrected chi connectivity index (χ0v) is 10.2. The molecule has 0 aliphatic carbocycles. The third-order valence-corrected chi connectivity index (χ3v) is 6.71. The molecule has 0 radical (unpaired) electrons. The van der Waals surface area contributed by atoms with Gasteiger partial charge in [-0.1, -0.05) is 31.7 Å². The summed E-state index contributed by atoms with van der Waals surface area (Å²) < 4.78 is 12.9. The van der Waals surface area contributed by atoms with E-state index in [1.165, 1.54) is 12.1 Å². The average molecular weight is 231 g/mol. The minimum atomic E-state index is -1.51. The molecule has 0 atom stereocenters. The van der Waals surface area contributed by atoms with Crippen LogP contribution in [0.25, 0.3) is 0 Å². The van der Waals surface area contributed by atoms with Gasteiger partial charge in [0, 0.05) is 11.9 Å². The second kappa shape index (κ2) is 4.90. The number of halogens is 1.